The van der Waals surface area contributed by atoms with Crippen LogP contribution in [0.3, 0.4) is 0 Å². The number of hydrogen-bond acceptors (Lipinski definition) is 4. The van der Waals surface area contributed by atoms with Gasteiger partial charge in [0.15, 0.2) is 17.0 Å². The zero-order valence-electron chi connectivity index (χ0n) is 17.7. The number of halogens is 1. The molecule has 8 nitrogen and oxygen atoms in total. The van der Waals surface area contributed by atoms with Crippen LogP contribution in [0, 0.1) is 5.82 Å². The third-order valence-corrected chi connectivity index (χ3v) is 5.95. The maximum absolute atomic E-state index is 14.1. The van der Waals surface area contributed by atoms with Crippen molar-refractivity contribution < 1.29 is 9.29 Å². The summed E-state index contributed by atoms with van der Waals surface area (Å²) >= 11 is 0. The van der Waals surface area contributed by atoms with Gasteiger partial charge in [0.1, 0.15) is 12.4 Å². The Morgan fingerprint density at radius 3 is 2.47 bits per heavy atom. The molecular weight excluding hydrogens is 387 g/mol. The number of aryl methyl sites for hydroxylation is 2. The number of benzene rings is 1. The third kappa shape index (κ3) is 3.43. The number of aromatic nitrogens is 4. The lowest BCUT2D eigenvalue weighted by molar-refractivity contribution is -0.915. The molecule has 30 heavy (non-hydrogen) atoms. The molecule has 2 aromatic heterocycles. The van der Waals surface area contributed by atoms with Crippen molar-refractivity contribution in [2.75, 3.05) is 31.1 Å². The molecule has 0 spiro atoms. The Morgan fingerprint density at radius 2 is 1.80 bits per heavy atom. The summed E-state index contributed by atoms with van der Waals surface area (Å²) in [6.45, 7) is 6.60. The lowest BCUT2D eigenvalue weighted by atomic mass is 10.2. The van der Waals surface area contributed by atoms with E-state index in [0.717, 1.165) is 43.0 Å². The van der Waals surface area contributed by atoms with Crippen LogP contribution in [0.4, 0.5) is 10.1 Å². The standard InChI is InChI=1S/C21H27FN6O2/c1-4-9-28-17(23-19-18(28)20(29)25(3)21(30)24(19)2)14-26-10-12-27(13-11-26)16-8-6-5-7-15(16)22/h5-8H,4,9-14H2,1-3H3/p+1. The molecule has 0 saturated carbocycles. The van der Waals surface area contributed by atoms with Crippen LogP contribution in [0.5, 0.6) is 0 Å². The summed E-state index contributed by atoms with van der Waals surface area (Å²) in [5.74, 6) is 0.627. The molecule has 1 fully saturated rings. The van der Waals surface area contributed by atoms with Crippen molar-refractivity contribution in [2.45, 2.75) is 26.4 Å². The second-order valence-electron chi connectivity index (χ2n) is 7.92. The molecule has 1 N–H and O–H groups in total. The Morgan fingerprint density at radius 1 is 1.10 bits per heavy atom. The molecule has 9 heteroatoms. The topological polar surface area (TPSA) is 69.5 Å². The van der Waals surface area contributed by atoms with Crippen molar-refractivity contribution >= 4 is 16.9 Å². The zero-order chi connectivity index (χ0) is 21.4. The van der Waals surface area contributed by atoms with E-state index in [1.807, 2.05) is 16.7 Å². The van der Waals surface area contributed by atoms with Gasteiger partial charge in [-0.1, -0.05) is 19.1 Å². The van der Waals surface area contributed by atoms with E-state index in [9.17, 15) is 14.0 Å². The number of fused-ring (bicyclic) bond motifs is 1. The maximum Gasteiger partial charge on any atom is 0.332 e. The van der Waals surface area contributed by atoms with Gasteiger partial charge < -0.3 is 14.4 Å². The highest BCUT2D eigenvalue weighted by Crippen LogP contribution is 2.18. The fourth-order valence-corrected chi connectivity index (χ4v) is 4.26. The molecule has 4 rings (SSSR count). The average molecular weight is 415 g/mol. The number of rotatable bonds is 5. The van der Waals surface area contributed by atoms with E-state index in [4.69, 9.17) is 4.98 Å². The Balaban J connectivity index is 1.60. The summed E-state index contributed by atoms with van der Waals surface area (Å²) in [4.78, 5) is 33.2. The molecule has 1 aliphatic heterocycles. The Labute approximate surface area is 173 Å². The van der Waals surface area contributed by atoms with Gasteiger partial charge in [0.2, 0.25) is 0 Å². The molecule has 1 saturated heterocycles. The fraction of sp³-hybridized carbons (Fsp3) is 0.476. The fourth-order valence-electron chi connectivity index (χ4n) is 4.26. The quantitative estimate of drug-likeness (QED) is 0.631. The highest BCUT2D eigenvalue weighted by atomic mass is 19.1. The minimum atomic E-state index is -0.369. The third-order valence-electron chi connectivity index (χ3n) is 5.95. The van der Waals surface area contributed by atoms with Crippen molar-refractivity contribution in [1.29, 1.82) is 0 Å². The van der Waals surface area contributed by atoms with E-state index in [1.165, 1.54) is 22.6 Å². The molecule has 3 heterocycles. The molecule has 0 radical (unpaired) electrons. The van der Waals surface area contributed by atoms with Gasteiger partial charge in [0.05, 0.1) is 31.9 Å². The first-order valence-electron chi connectivity index (χ1n) is 10.4. The molecule has 0 unspecified atom stereocenters. The van der Waals surface area contributed by atoms with E-state index >= 15 is 0 Å². The van der Waals surface area contributed by atoms with Crippen molar-refractivity contribution in [3.63, 3.8) is 0 Å². The number of para-hydroxylation sites is 1. The lowest BCUT2D eigenvalue weighted by Crippen LogP contribution is -3.13. The Kier molecular flexibility index (Phi) is 5.46. The number of imidazole rings is 1. The van der Waals surface area contributed by atoms with Gasteiger partial charge in [0, 0.05) is 20.6 Å². The second kappa shape index (κ2) is 8.06. The summed E-state index contributed by atoms with van der Waals surface area (Å²) in [7, 11) is 3.15. The SMILES string of the molecule is CCCn1c(C[NH+]2CCN(c3ccccc3F)CC2)nc2c1c(=O)n(C)c(=O)n2C. The van der Waals surface area contributed by atoms with Crippen molar-refractivity contribution in [3.05, 3.63) is 56.7 Å². The molecule has 1 aromatic carbocycles. The van der Waals surface area contributed by atoms with E-state index < -0.39 is 0 Å². The van der Waals surface area contributed by atoms with Gasteiger partial charge in [-0.05, 0) is 18.6 Å². The van der Waals surface area contributed by atoms with Crippen LogP contribution in [0.1, 0.15) is 19.2 Å². The monoisotopic (exact) mass is 415 g/mol. The second-order valence-corrected chi connectivity index (χ2v) is 7.92. The molecule has 0 amide bonds. The van der Waals surface area contributed by atoms with Gasteiger partial charge in [0.25, 0.3) is 5.56 Å². The number of anilines is 1. The number of piperazine rings is 1. The van der Waals surface area contributed by atoms with Crippen LogP contribution in [0.15, 0.2) is 33.9 Å². The van der Waals surface area contributed by atoms with Gasteiger partial charge >= 0.3 is 5.69 Å². The van der Waals surface area contributed by atoms with E-state index in [2.05, 4.69) is 11.8 Å². The van der Waals surface area contributed by atoms with Gasteiger partial charge in [-0.2, -0.15) is 0 Å². The predicted molar refractivity (Wildman–Crippen MR) is 114 cm³/mol. The van der Waals surface area contributed by atoms with E-state index in [-0.39, 0.29) is 17.1 Å². The molecule has 1 aliphatic rings. The number of nitrogens with zero attached hydrogens (tertiary/aromatic N) is 5. The Hall–Kier alpha value is -2.94. The van der Waals surface area contributed by atoms with Crippen molar-refractivity contribution in [1.82, 2.24) is 18.7 Å². The molecule has 0 bridgehead atoms. The summed E-state index contributed by atoms with van der Waals surface area (Å²) < 4.78 is 18.6. The first kappa shape index (κ1) is 20.3. The van der Waals surface area contributed by atoms with E-state index in [0.29, 0.717) is 29.9 Å². The first-order chi connectivity index (χ1) is 14.4. The number of quaternary nitrogens is 1. The van der Waals surface area contributed by atoms with Gasteiger partial charge in [-0.25, -0.2) is 14.2 Å². The number of nitrogens with one attached hydrogen (secondary N) is 1. The van der Waals surface area contributed by atoms with Crippen molar-refractivity contribution in [2.24, 2.45) is 14.1 Å². The van der Waals surface area contributed by atoms with Crippen LogP contribution in [0.25, 0.3) is 11.2 Å². The average Bonchev–Trinajstić information content (AvgIpc) is 3.10. The van der Waals surface area contributed by atoms with E-state index in [1.54, 1.807) is 13.1 Å². The summed E-state index contributed by atoms with van der Waals surface area (Å²) in [6.07, 6.45) is 0.862. The minimum absolute atomic E-state index is 0.192. The summed E-state index contributed by atoms with van der Waals surface area (Å²) in [6, 6.07) is 6.87. The van der Waals surface area contributed by atoms with Gasteiger partial charge in [-0.3, -0.25) is 13.9 Å². The smallest absolute Gasteiger partial charge is 0.332 e. The summed E-state index contributed by atoms with van der Waals surface area (Å²) in [5.41, 5.74) is 0.899. The molecule has 3 aromatic rings. The molecule has 160 valence electrons. The molecule has 0 aliphatic carbocycles. The predicted octanol–water partition coefficient (Wildman–Crippen LogP) is -0.112. The minimum Gasteiger partial charge on any atom is -0.358 e. The lowest BCUT2D eigenvalue weighted by Gasteiger charge is -2.33. The van der Waals surface area contributed by atoms with Crippen LogP contribution in [-0.2, 0) is 27.2 Å². The highest BCUT2D eigenvalue weighted by Gasteiger charge is 2.25. The highest BCUT2D eigenvalue weighted by molar-refractivity contribution is 5.71. The molecular formula is C21H28FN6O2+. The molecule has 0 atom stereocenters. The van der Waals surface area contributed by atoms with Crippen molar-refractivity contribution in [3.8, 4) is 0 Å². The normalized spacial score (nSPS) is 15.3. The van der Waals surface area contributed by atoms with Crippen LogP contribution in [0.2, 0.25) is 0 Å². The number of hydrogen-bond donors (Lipinski definition) is 1. The largest absolute Gasteiger partial charge is 0.358 e. The van der Waals surface area contributed by atoms with Crippen LogP contribution in [-0.4, -0.2) is 44.9 Å². The van der Waals surface area contributed by atoms with Crippen LogP contribution < -0.4 is 21.0 Å². The first-order valence-corrected chi connectivity index (χ1v) is 10.4. The maximum atomic E-state index is 14.1. The van der Waals surface area contributed by atoms with Gasteiger partial charge in [-0.15, -0.1) is 0 Å². The summed E-state index contributed by atoms with van der Waals surface area (Å²) in [5, 5.41) is 0. The zero-order valence-corrected chi connectivity index (χ0v) is 17.7. The van der Waals surface area contributed by atoms with Crippen LogP contribution >= 0.6 is 0 Å². The Bertz CT molecular complexity index is 1190.